The summed E-state index contributed by atoms with van der Waals surface area (Å²) in [6.07, 6.45) is 2.02. The first-order chi connectivity index (χ1) is 9.74. The molecule has 3 rings (SSSR count). The molecule has 0 aromatic carbocycles. The Hall–Kier alpha value is -1.21. The molecule has 0 spiro atoms. The number of nitrogens with zero attached hydrogens (tertiary/aromatic N) is 4. The molecular formula is C13H20N4O2S. The van der Waals surface area contributed by atoms with Gasteiger partial charge in [-0.15, -0.1) is 0 Å². The lowest BCUT2D eigenvalue weighted by molar-refractivity contribution is -0.139. The minimum absolute atomic E-state index is 0.0889. The highest BCUT2D eigenvalue weighted by atomic mass is 32.1. The van der Waals surface area contributed by atoms with Gasteiger partial charge in [-0.05, 0) is 19.8 Å². The molecule has 20 heavy (non-hydrogen) atoms. The third-order valence-electron chi connectivity index (χ3n) is 3.88. The Labute approximate surface area is 122 Å². The lowest BCUT2D eigenvalue weighted by Gasteiger charge is -2.35. The van der Waals surface area contributed by atoms with Crippen molar-refractivity contribution >= 4 is 22.6 Å². The second kappa shape index (κ2) is 6.05. The highest BCUT2D eigenvalue weighted by Crippen LogP contribution is 2.25. The van der Waals surface area contributed by atoms with E-state index < -0.39 is 0 Å². The molecule has 0 aliphatic carbocycles. The highest BCUT2D eigenvalue weighted by Gasteiger charge is 2.31. The average Bonchev–Trinajstić information content (AvgIpc) is 2.94. The van der Waals surface area contributed by atoms with Crippen LogP contribution in [0.1, 0.15) is 18.7 Å². The third-order valence-corrected chi connectivity index (χ3v) is 4.75. The smallest absolute Gasteiger partial charge is 0.227 e. The van der Waals surface area contributed by atoms with Crippen molar-refractivity contribution in [1.82, 2.24) is 14.3 Å². The van der Waals surface area contributed by atoms with Crippen LogP contribution in [-0.2, 0) is 9.53 Å². The second-order valence-electron chi connectivity index (χ2n) is 5.35. The van der Waals surface area contributed by atoms with E-state index in [0.717, 1.165) is 50.0 Å². The van der Waals surface area contributed by atoms with Crippen molar-refractivity contribution in [2.24, 2.45) is 5.92 Å². The van der Waals surface area contributed by atoms with Crippen LogP contribution in [0.15, 0.2) is 0 Å². The van der Waals surface area contributed by atoms with Gasteiger partial charge in [-0.2, -0.15) is 4.37 Å². The van der Waals surface area contributed by atoms with Gasteiger partial charge in [0.25, 0.3) is 0 Å². The Balaban J connectivity index is 1.63. The molecule has 1 aromatic heterocycles. The fourth-order valence-corrected chi connectivity index (χ4v) is 3.52. The summed E-state index contributed by atoms with van der Waals surface area (Å²) in [6.45, 7) is 6.43. The maximum Gasteiger partial charge on any atom is 0.227 e. The summed E-state index contributed by atoms with van der Waals surface area (Å²) in [4.78, 5) is 21.1. The molecule has 0 N–H and O–H groups in total. The minimum atomic E-state index is 0.0889. The number of anilines is 1. The topological polar surface area (TPSA) is 58.6 Å². The van der Waals surface area contributed by atoms with Crippen molar-refractivity contribution in [2.45, 2.75) is 19.8 Å². The monoisotopic (exact) mass is 296 g/mol. The zero-order valence-corrected chi connectivity index (χ0v) is 12.6. The third kappa shape index (κ3) is 2.93. The number of rotatable bonds is 2. The molecule has 1 atom stereocenters. The first-order valence-corrected chi connectivity index (χ1v) is 7.93. The van der Waals surface area contributed by atoms with Crippen LogP contribution in [0.2, 0.25) is 0 Å². The summed E-state index contributed by atoms with van der Waals surface area (Å²) < 4.78 is 9.54. The van der Waals surface area contributed by atoms with Gasteiger partial charge in [0.15, 0.2) is 0 Å². The van der Waals surface area contributed by atoms with Crippen LogP contribution in [0.5, 0.6) is 0 Å². The molecular weight excluding hydrogens is 276 g/mol. The fraction of sp³-hybridized carbons (Fsp3) is 0.769. The van der Waals surface area contributed by atoms with E-state index in [1.54, 1.807) is 0 Å². The first kappa shape index (κ1) is 13.8. The Morgan fingerprint density at radius 1 is 1.35 bits per heavy atom. The molecule has 2 saturated heterocycles. The number of aromatic nitrogens is 2. The Morgan fingerprint density at radius 2 is 2.15 bits per heavy atom. The molecule has 0 saturated carbocycles. The lowest BCUT2D eigenvalue weighted by atomic mass is 9.96. The molecule has 110 valence electrons. The van der Waals surface area contributed by atoms with Gasteiger partial charge in [0.1, 0.15) is 5.82 Å². The molecule has 6 nitrogen and oxygen atoms in total. The minimum Gasteiger partial charge on any atom is -0.378 e. The van der Waals surface area contributed by atoms with Crippen LogP contribution < -0.4 is 4.90 Å². The fourth-order valence-electron chi connectivity index (χ4n) is 2.81. The molecule has 2 fully saturated rings. The van der Waals surface area contributed by atoms with E-state index in [9.17, 15) is 4.79 Å². The molecule has 0 bridgehead atoms. The normalized spacial score (nSPS) is 23.9. The molecule has 2 aliphatic heterocycles. The molecule has 7 heteroatoms. The summed E-state index contributed by atoms with van der Waals surface area (Å²) in [5, 5.41) is 0.946. The van der Waals surface area contributed by atoms with Gasteiger partial charge >= 0.3 is 0 Å². The summed E-state index contributed by atoms with van der Waals surface area (Å²) in [5.74, 6) is 1.18. The molecule has 2 aliphatic rings. The second-order valence-corrected chi connectivity index (χ2v) is 6.08. The van der Waals surface area contributed by atoms with Crippen molar-refractivity contribution in [3.63, 3.8) is 0 Å². The summed E-state index contributed by atoms with van der Waals surface area (Å²) >= 11 is 1.43. The largest absolute Gasteiger partial charge is 0.378 e. The van der Waals surface area contributed by atoms with Crippen LogP contribution in [0.25, 0.3) is 0 Å². The Bertz CT molecular complexity index is 473. The highest BCUT2D eigenvalue weighted by molar-refractivity contribution is 7.09. The van der Waals surface area contributed by atoms with Crippen LogP contribution in [0, 0.1) is 12.8 Å². The van der Waals surface area contributed by atoms with E-state index in [4.69, 9.17) is 4.74 Å². The van der Waals surface area contributed by atoms with Crippen LogP contribution in [-0.4, -0.2) is 59.6 Å². The van der Waals surface area contributed by atoms with Crippen LogP contribution in [0.3, 0.4) is 0 Å². The number of carbonyl (C=O) groups excluding carboxylic acids is 1. The van der Waals surface area contributed by atoms with Crippen LogP contribution in [0.4, 0.5) is 5.13 Å². The number of hydrogen-bond donors (Lipinski definition) is 0. The summed E-state index contributed by atoms with van der Waals surface area (Å²) in [7, 11) is 0. The van der Waals surface area contributed by atoms with Crippen molar-refractivity contribution in [3.8, 4) is 0 Å². The molecule has 1 unspecified atom stereocenters. The number of ether oxygens (including phenoxy) is 1. The van der Waals surface area contributed by atoms with Gasteiger partial charge in [0.2, 0.25) is 11.0 Å². The van der Waals surface area contributed by atoms with Crippen molar-refractivity contribution in [3.05, 3.63) is 5.82 Å². The molecule has 0 radical (unpaired) electrons. The summed E-state index contributed by atoms with van der Waals surface area (Å²) in [5.41, 5.74) is 0. The van der Waals surface area contributed by atoms with Gasteiger partial charge in [0.05, 0.1) is 19.1 Å². The predicted molar refractivity (Wildman–Crippen MR) is 77.0 cm³/mol. The number of hydrogen-bond acceptors (Lipinski definition) is 6. The van der Waals surface area contributed by atoms with Gasteiger partial charge in [-0.25, -0.2) is 4.98 Å². The van der Waals surface area contributed by atoms with Gasteiger partial charge < -0.3 is 14.5 Å². The van der Waals surface area contributed by atoms with Crippen molar-refractivity contribution in [2.75, 3.05) is 44.3 Å². The lowest BCUT2D eigenvalue weighted by Crippen LogP contribution is -2.48. The van der Waals surface area contributed by atoms with E-state index >= 15 is 0 Å². The first-order valence-electron chi connectivity index (χ1n) is 7.16. The Kier molecular flexibility index (Phi) is 4.16. The molecule has 1 amide bonds. The predicted octanol–water partition coefficient (Wildman–Crippen LogP) is 0.922. The summed E-state index contributed by atoms with van der Waals surface area (Å²) in [6, 6.07) is 0. The SMILES string of the molecule is Cc1nsc(N2CCCC(C(=O)N3CCOCC3)C2)n1. The van der Waals surface area contributed by atoms with E-state index in [1.165, 1.54) is 11.5 Å². The van der Waals surface area contributed by atoms with Gasteiger partial charge in [-0.1, -0.05) is 0 Å². The van der Waals surface area contributed by atoms with E-state index in [0.29, 0.717) is 13.2 Å². The standard InChI is InChI=1S/C13H20N4O2S/c1-10-14-13(20-15-10)17-4-2-3-11(9-17)12(18)16-5-7-19-8-6-16/h11H,2-9H2,1H3. The number of amides is 1. The van der Waals surface area contributed by atoms with Crippen molar-refractivity contribution in [1.29, 1.82) is 0 Å². The van der Waals surface area contributed by atoms with Gasteiger partial charge in [0, 0.05) is 37.7 Å². The molecule has 3 heterocycles. The zero-order chi connectivity index (χ0) is 13.9. The average molecular weight is 296 g/mol. The van der Waals surface area contributed by atoms with E-state index in [-0.39, 0.29) is 11.8 Å². The van der Waals surface area contributed by atoms with Crippen molar-refractivity contribution < 1.29 is 9.53 Å². The van der Waals surface area contributed by atoms with E-state index in [2.05, 4.69) is 14.3 Å². The quantitative estimate of drug-likeness (QED) is 0.812. The van der Waals surface area contributed by atoms with Gasteiger partial charge in [-0.3, -0.25) is 4.79 Å². The van der Waals surface area contributed by atoms with E-state index in [1.807, 2.05) is 11.8 Å². The maximum atomic E-state index is 12.5. The number of piperidine rings is 1. The number of aryl methyl sites for hydroxylation is 1. The zero-order valence-electron chi connectivity index (χ0n) is 11.7. The Morgan fingerprint density at radius 3 is 2.85 bits per heavy atom. The number of morpholine rings is 1. The van der Waals surface area contributed by atoms with Crippen LogP contribution >= 0.6 is 11.5 Å². The molecule has 1 aromatic rings. The number of carbonyl (C=O) groups is 1. The maximum absolute atomic E-state index is 12.5.